The molecule has 1 aliphatic rings. The normalized spacial score (nSPS) is 15.8. The van der Waals surface area contributed by atoms with Crippen LogP contribution in [0.1, 0.15) is 51.0 Å². The van der Waals surface area contributed by atoms with Crippen molar-refractivity contribution in [2.75, 3.05) is 18.0 Å². The molecule has 1 aliphatic heterocycles. The fourth-order valence-electron chi connectivity index (χ4n) is 3.07. The Hall–Kier alpha value is -2.43. The number of piperidine rings is 1. The topological polar surface area (TPSA) is 58.1 Å². The Bertz CT molecular complexity index is 759. The second kappa shape index (κ2) is 7.44. The highest BCUT2D eigenvalue weighted by Gasteiger charge is 2.22. The van der Waals surface area contributed by atoms with E-state index in [0.717, 1.165) is 43.2 Å². The molecule has 2 aromatic rings. The van der Waals surface area contributed by atoms with E-state index in [2.05, 4.69) is 22.1 Å². The molecule has 0 unspecified atom stereocenters. The summed E-state index contributed by atoms with van der Waals surface area (Å²) in [6, 6.07) is 11.7. The molecule has 1 N–H and O–H groups in total. The van der Waals surface area contributed by atoms with E-state index in [1.165, 1.54) is 0 Å². The molecule has 0 saturated carbocycles. The first kappa shape index (κ1) is 18.4. The molecule has 26 heavy (non-hydrogen) atoms. The predicted molar refractivity (Wildman–Crippen MR) is 105 cm³/mol. The fraction of sp³-hybridized carbons (Fsp3) is 0.476. The van der Waals surface area contributed by atoms with E-state index >= 15 is 0 Å². The van der Waals surface area contributed by atoms with Crippen LogP contribution in [-0.4, -0.2) is 34.5 Å². The van der Waals surface area contributed by atoms with Crippen LogP contribution >= 0.6 is 0 Å². The zero-order chi connectivity index (χ0) is 18.7. The van der Waals surface area contributed by atoms with Gasteiger partial charge in [-0.3, -0.25) is 4.79 Å². The SMILES string of the molecule is CC1CCN(c2cc(C(=O)NC(C)(C)C)nc(-c3ccccc3)n2)CC1. The van der Waals surface area contributed by atoms with Crippen molar-refractivity contribution in [3.05, 3.63) is 42.1 Å². The van der Waals surface area contributed by atoms with Gasteiger partial charge in [0.05, 0.1) is 0 Å². The minimum Gasteiger partial charge on any atom is -0.356 e. The summed E-state index contributed by atoms with van der Waals surface area (Å²) in [6.07, 6.45) is 2.29. The number of nitrogens with zero attached hydrogens (tertiary/aromatic N) is 3. The lowest BCUT2D eigenvalue weighted by atomic mass is 9.99. The minimum absolute atomic E-state index is 0.163. The second-order valence-corrected chi connectivity index (χ2v) is 8.17. The average molecular weight is 352 g/mol. The van der Waals surface area contributed by atoms with E-state index in [-0.39, 0.29) is 11.4 Å². The molecular formula is C21H28N4O. The zero-order valence-corrected chi connectivity index (χ0v) is 16.1. The fourth-order valence-corrected chi connectivity index (χ4v) is 3.07. The quantitative estimate of drug-likeness (QED) is 0.910. The molecule has 0 atom stereocenters. The third-order valence-corrected chi connectivity index (χ3v) is 4.57. The van der Waals surface area contributed by atoms with Crippen LogP contribution in [-0.2, 0) is 0 Å². The molecule has 138 valence electrons. The molecule has 1 aromatic heterocycles. The average Bonchev–Trinajstić information content (AvgIpc) is 2.61. The summed E-state index contributed by atoms with van der Waals surface area (Å²) >= 11 is 0. The molecular weight excluding hydrogens is 324 g/mol. The van der Waals surface area contributed by atoms with Gasteiger partial charge in [-0.25, -0.2) is 9.97 Å². The van der Waals surface area contributed by atoms with Crippen molar-refractivity contribution in [3.8, 4) is 11.4 Å². The number of nitrogens with one attached hydrogen (secondary N) is 1. The van der Waals surface area contributed by atoms with Crippen LogP contribution in [0.25, 0.3) is 11.4 Å². The van der Waals surface area contributed by atoms with Crippen molar-refractivity contribution in [2.45, 2.75) is 46.1 Å². The number of rotatable bonds is 3. The molecule has 0 radical (unpaired) electrons. The van der Waals surface area contributed by atoms with E-state index < -0.39 is 0 Å². The smallest absolute Gasteiger partial charge is 0.270 e. The first-order valence-corrected chi connectivity index (χ1v) is 9.34. The van der Waals surface area contributed by atoms with Crippen molar-refractivity contribution >= 4 is 11.7 Å². The van der Waals surface area contributed by atoms with Gasteiger partial charge in [-0.05, 0) is 39.5 Å². The van der Waals surface area contributed by atoms with E-state index in [1.54, 1.807) is 0 Å². The van der Waals surface area contributed by atoms with Crippen LogP contribution in [0.3, 0.4) is 0 Å². The maximum Gasteiger partial charge on any atom is 0.270 e. The van der Waals surface area contributed by atoms with Gasteiger partial charge >= 0.3 is 0 Å². The Morgan fingerprint density at radius 3 is 2.38 bits per heavy atom. The van der Waals surface area contributed by atoms with E-state index in [4.69, 9.17) is 4.98 Å². The summed E-state index contributed by atoms with van der Waals surface area (Å²) in [6.45, 7) is 10.1. The highest BCUT2D eigenvalue weighted by Crippen LogP contribution is 2.25. The number of carbonyl (C=O) groups is 1. The molecule has 1 saturated heterocycles. The van der Waals surface area contributed by atoms with Gasteiger partial charge < -0.3 is 10.2 Å². The van der Waals surface area contributed by atoms with Crippen molar-refractivity contribution in [1.82, 2.24) is 15.3 Å². The molecule has 0 aliphatic carbocycles. The number of aromatic nitrogens is 2. The summed E-state index contributed by atoms with van der Waals surface area (Å²) in [5, 5.41) is 3.00. The van der Waals surface area contributed by atoms with Crippen LogP contribution in [0.15, 0.2) is 36.4 Å². The number of benzene rings is 1. The lowest BCUT2D eigenvalue weighted by molar-refractivity contribution is 0.0914. The molecule has 1 fully saturated rings. The van der Waals surface area contributed by atoms with Gasteiger partial charge in [-0.1, -0.05) is 37.3 Å². The number of carbonyl (C=O) groups excluding carboxylic acids is 1. The van der Waals surface area contributed by atoms with Crippen LogP contribution in [0.5, 0.6) is 0 Å². The predicted octanol–water partition coefficient (Wildman–Crippen LogP) is 3.91. The highest BCUT2D eigenvalue weighted by atomic mass is 16.2. The van der Waals surface area contributed by atoms with Gasteiger partial charge in [0, 0.05) is 30.3 Å². The minimum atomic E-state index is -0.310. The van der Waals surface area contributed by atoms with Crippen LogP contribution < -0.4 is 10.2 Å². The van der Waals surface area contributed by atoms with Crippen molar-refractivity contribution in [1.29, 1.82) is 0 Å². The number of hydrogen-bond donors (Lipinski definition) is 1. The summed E-state index contributed by atoms with van der Waals surface area (Å²) < 4.78 is 0. The molecule has 1 aromatic carbocycles. The Morgan fingerprint density at radius 1 is 1.12 bits per heavy atom. The Morgan fingerprint density at radius 2 is 1.77 bits per heavy atom. The molecule has 2 heterocycles. The molecule has 0 spiro atoms. The second-order valence-electron chi connectivity index (χ2n) is 8.17. The Kier molecular flexibility index (Phi) is 5.25. The summed E-state index contributed by atoms with van der Waals surface area (Å²) in [4.78, 5) is 24.3. The van der Waals surface area contributed by atoms with Crippen molar-refractivity contribution < 1.29 is 4.79 Å². The van der Waals surface area contributed by atoms with E-state index in [9.17, 15) is 4.79 Å². The number of amides is 1. The molecule has 1 amide bonds. The standard InChI is InChI=1S/C21H28N4O/c1-15-10-12-25(13-11-15)18-14-17(20(26)24-21(2,3)4)22-19(23-18)16-8-6-5-7-9-16/h5-9,14-15H,10-13H2,1-4H3,(H,24,26). The van der Waals surface area contributed by atoms with Gasteiger partial charge in [0.15, 0.2) is 5.82 Å². The first-order chi connectivity index (χ1) is 12.3. The maximum absolute atomic E-state index is 12.7. The third-order valence-electron chi connectivity index (χ3n) is 4.57. The van der Waals surface area contributed by atoms with Gasteiger partial charge in [-0.2, -0.15) is 0 Å². The van der Waals surface area contributed by atoms with E-state index in [0.29, 0.717) is 11.5 Å². The van der Waals surface area contributed by atoms with Crippen LogP contribution in [0.4, 0.5) is 5.82 Å². The zero-order valence-electron chi connectivity index (χ0n) is 16.1. The van der Waals surface area contributed by atoms with Crippen LogP contribution in [0, 0.1) is 5.92 Å². The van der Waals surface area contributed by atoms with E-state index in [1.807, 2.05) is 57.2 Å². The summed E-state index contributed by atoms with van der Waals surface area (Å²) in [5.74, 6) is 2.01. The molecule has 5 nitrogen and oxygen atoms in total. The van der Waals surface area contributed by atoms with Gasteiger partial charge in [-0.15, -0.1) is 0 Å². The van der Waals surface area contributed by atoms with Gasteiger partial charge in [0.2, 0.25) is 0 Å². The summed E-state index contributed by atoms with van der Waals surface area (Å²) in [5.41, 5.74) is 1.03. The maximum atomic E-state index is 12.7. The number of hydrogen-bond acceptors (Lipinski definition) is 4. The largest absolute Gasteiger partial charge is 0.356 e. The summed E-state index contributed by atoms with van der Waals surface area (Å²) in [7, 11) is 0. The van der Waals surface area contributed by atoms with Gasteiger partial charge in [0.1, 0.15) is 11.5 Å². The van der Waals surface area contributed by atoms with Gasteiger partial charge in [0.25, 0.3) is 5.91 Å². The lowest BCUT2D eigenvalue weighted by Gasteiger charge is -2.31. The Balaban J connectivity index is 1.98. The third kappa shape index (κ3) is 4.59. The monoisotopic (exact) mass is 352 g/mol. The van der Waals surface area contributed by atoms with Crippen molar-refractivity contribution in [3.63, 3.8) is 0 Å². The molecule has 3 rings (SSSR count). The highest BCUT2D eigenvalue weighted by molar-refractivity contribution is 5.94. The van der Waals surface area contributed by atoms with Crippen molar-refractivity contribution in [2.24, 2.45) is 5.92 Å². The molecule has 5 heteroatoms. The molecule has 0 bridgehead atoms. The number of anilines is 1. The lowest BCUT2D eigenvalue weighted by Crippen LogP contribution is -2.41. The first-order valence-electron chi connectivity index (χ1n) is 9.34. The Labute approximate surface area is 155 Å². The van der Waals surface area contributed by atoms with Crippen LogP contribution in [0.2, 0.25) is 0 Å².